The first-order valence-corrected chi connectivity index (χ1v) is 11.0. The molecule has 2 aromatic carbocycles. The van der Waals surface area contributed by atoms with Gasteiger partial charge in [-0.25, -0.2) is 4.39 Å². The highest BCUT2D eigenvalue weighted by molar-refractivity contribution is 5.94. The Morgan fingerprint density at radius 2 is 1.82 bits per heavy atom. The van der Waals surface area contributed by atoms with Crippen LogP contribution in [-0.4, -0.2) is 48.8 Å². The van der Waals surface area contributed by atoms with E-state index < -0.39 is 0 Å². The Kier molecular flexibility index (Phi) is 7.36. The second kappa shape index (κ2) is 10.6. The average Bonchev–Trinajstić information content (AvgIpc) is 3.17. The summed E-state index contributed by atoms with van der Waals surface area (Å²) >= 11 is 0. The van der Waals surface area contributed by atoms with Crippen molar-refractivity contribution in [3.05, 3.63) is 82.5 Å². The fourth-order valence-corrected chi connectivity index (χ4v) is 3.89. The SMILES string of the molecule is Cc1noc(C)c1COc1ccc(C(=O)NC[C@@H](c2ccc(F)cc2)N2CCOCC2)cc1. The third-order valence-electron chi connectivity index (χ3n) is 5.88. The maximum absolute atomic E-state index is 13.4. The summed E-state index contributed by atoms with van der Waals surface area (Å²) in [6.45, 7) is 7.29. The van der Waals surface area contributed by atoms with Crippen molar-refractivity contribution in [2.75, 3.05) is 32.8 Å². The Hall–Kier alpha value is -3.23. The molecule has 0 aliphatic carbocycles. The van der Waals surface area contributed by atoms with Crippen LogP contribution in [0.3, 0.4) is 0 Å². The van der Waals surface area contributed by atoms with Crippen LogP contribution in [0, 0.1) is 19.7 Å². The molecule has 1 aliphatic heterocycles. The van der Waals surface area contributed by atoms with E-state index in [9.17, 15) is 9.18 Å². The molecule has 1 aromatic heterocycles. The highest BCUT2D eigenvalue weighted by atomic mass is 19.1. The monoisotopic (exact) mass is 453 g/mol. The van der Waals surface area contributed by atoms with Crippen LogP contribution in [0.2, 0.25) is 0 Å². The largest absolute Gasteiger partial charge is 0.489 e. The normalized spacial score (nSPS) is 15.2. The first kappa shape index (κ1) is 22.9. The molecule has 4 rings (SSSR count). The molecule has 0 unspecified atom stereocenters. The standard InChI is InChI=1S/C25H28FN3O4/c1-17-23(18(2)33-28-17)16-32-22-9-5-20(6-10-22)25(30)27-15-24(29-11-13-31-14-12-29)19-3-7-21(26)8-4-19/h3-10,24H,11-16H2,1-2H3,(H,27,30)/t24-/m0/s1. The molecule has 1 atom stereocenters. The minimum Gasteiger partial charge on any atom is -0.489 e. The Labute approximate surface area is 192 Å². The van der Waals surface area contributed by atoms with Crippen LogP contribution in [0.5, 0.6) is 5.75 Å². The van der Waals surface area contributed by atoms with Crippen LogP contribution in [0.25, 0.3) is 0 Å². The van der Waals surface area contributed by atoms with Gasteiger partial charge in [0.15, 0.2) is 0 Å². The lowest BCUT2D eigenvalue weighted by Gasteiger charge is -2.35. The summed E-state index contributed by atoms with van der Waals surface area (Å²) in [6, 6.07) is 13.4. The summed E-state index contributed by atoms with van der Waals surface area (Å²) < 4.78 is 29.8. The summed E-state index contributed by atoms with van der Waals surface area (Å²) in [6.07, 6.45) is 0. The van der Waals surface area contributed by atoms with Crippen LogP contribution in [0.4, 0.5) is 4.39 Å². The van der Waals surface area contributed by atoms with Crippen molar-refractivity contribution in [1.82, 2.24) is 15.4 Å². The number of hydrogen-bond donors (Lipinski definition) is 1. The van der Waals surface area contributed by atoms with Gasteiger partial charge in [-0.05, 0) is 55.8 Å². The molecule has 0 saturated carbocycles. The molecule has 1 aliphatic rings. The number of nitrogens with zero attached hydrogens (tertiary/aromatic N) is 2. The second-order valence-corrected chi connectivity index (χ2v) is 8.04. The van der Waals surface area contributed by atoms with E-state index in [2.05, 4.69) is 15.4 Å². The zero-order valence-electron chi connectivity index (χ0n) is 18.8. The lowest BCUT2D eigenvalue weighted by Crippen LogP contribution is -2.43. The molecular formula is C25H28FN3O4. The molecule has 33 heavy (non-hydrogen) atoms. The molecule has 1 amide bonds. The molecule has 0 radical (unpaired) electrons. The van der Waals surface area contributed by atoms with Crippen LogP contribution < -0.4 is 10.1 Å². The second-order valence-electron chi connectivity index (χ2n) is 8.04. The number of benzene rings is 2. The number of carbonyl (C=O) groups excluding carboxylic acids is 1. The van der Waals surface area contributed by atoms with Gasteiger partial charge in [0.25, 0.3) is 5.91 Å². The summed E-state index contributed by atoms with van der Waals surface area (Å²) in [7, 11) is 0. The third-order valence-corrected chi connectivity index (χ3v) is 5.88. The van der Waals surface area contributed by atoms with E-state index in [-0.39, 0.29) is 17.8 Å². The van der Waals surface area contributed by atoms with Crippen molar-refractivity contribution in [2.45, 2.75) is 26.5 Å². The summed E-state index contributed by atoms with van der Waals surface area (Å²) in [5.41, 5.74) is 3.23. The number of aryl methyl sites for hydroxylation is 2. The van der Waals surface area contributed by atoms with E-state index in [4.69, 9.17) is 14.0 Å². The van der Waals surface area contributed by atoms with E-state index in [0.29, 0.717) is 37.7 Å². The van der Waals surface area contributed by atoms with Gasteiger partial charge in [-0.15, -0.1) is 0 Å². The van der Waals surface area contributed by atoms with E-state index in [1.807, 2.05) is 13.8 Å². The zero-order chi connectivity index (χ0) is 23.2. The van der Waals surface area contributed by atoms with E-state index in [0.717, 1.165) is 35.7 Å². The number of aromatic nitrogens is 1. The summed E-state index contributed by atoms with van der Waals surface area (Å²) in [4.78, 5) is 15.0. The molecule has 2 heterocycles. The number of carbonyl (C=O) groups is 1. The molecule has 1 saturated heterocycles. The maximum atomic E-state index is 13.4. The maximum Gasteiger partial charge on any atom is 0.251 e. The topological polar surface area (TPSA) is 76.8 Å². The predicted molar refractivity (Wildman–Crippen MR) is 121 cm³/mol. The van der Waals surface area contributed by atoms with Crippen molar-refractivity contribution < 1.29 is 23.2 Å². The Bertz CT molecular complexity index is 1040. The minimum atomic E-state index is -0.278. The minimum absolute atomic E-state index is 0.0592. The van der Waals surface area contributed by atoms with Crippen molar-refractivity contribution in [2.24, 2.45) is 0 Å². The van der Waals surface area contributed by atoms with Gasteiger partial charge in [-0.2, -0.15) is 0 Å². The highest BCUT2D eigenvalue weighted by Gasteiger charge is 2.23. The van der Waals surface area contributed by atoms with Crippen LogP contribution in [-0.2, 0) is 11.3 Å². The lowest BCUT2D eigenvalue weighted by atomic mass is 10.0. The van der Waals surface area contributed by atoms with Crippen molar-refractivity contribution in [3.8, 4) is 5.75 Å². The molecule has 1 N–H and O–H groups in total. The molecule has 0 bridgehead atoms. The summed E-state index contributed by atoms with van der Waals surface area (Å²) in [5.74, 6) is 0.941. The number of halogens is 1. The molecule has 0 spiro atoms. The van der Waals surface area contributed by atoms with E-state index in [1.54, 1.807) is 36.4 Å². The lowest BCUT2D eigenvalue weighted by molar-refractivity contribution is 0.0162. The summed E-state index contributed by atoms with van der Waals surface area (Å²) in [5, 5.41) is 6.94. The number of rotatable bonds is 8. The third kappa shape index (κ3) is 5.77. The fraction of sp³-hybridized carbons (Fsp3) is 0.360. The number of amides is 1. The highest BCUT2D eigenvalue weighted by Crippen LogP contribution is 2.22. The van der Waals surface area contributed by atoms with Crippen molar-refractivity contribution in [3.63, 3.8) is 0 Å². The van der Waals surface area contributed by atoms with Gasteiger partial charge in [0, 0.05) is 25.2 Å². The van der Waals surface area contributed by atoms with E-state index in [1.165, 1.54) is 12.1 Å². The van der Waals surface area contributed by atoms with Crippen molar-refractivity contribution >= 4 is 5.91 Å². The number of nitrogens with one attached hydrogen (secondary N) is 1. The Balaban J connectivity index is 1.37. The van der Waals surface area contributed by atoms with E-state index >= 15 is 0 Å². The van der Waals surface area contributed by atoms with Crippen LogP contribution in [0.1, 0.15) is 39.0 Å². The predicted octanol–water partition coefficient (Wildman–Crippen LogP) is 3.81. The zero-order valence-corrected chi connectivity index (χ0v) is 18.8. The first-order chi connectivity index (χ1) is 16.0. The molecule has 1 fully saturated rings. The molecule has 8 heteroatoms. The van der Waals surface area contributed by atoms with Gasteiger partial charge >= 0.3 is 0 Å². The Morgan fingerprint density at radius 3 is 2.45 bits per heavy atom. The van der Waals surface area contributed by atoms with Gasteiger partial charge < -0.3 is 19.3 Å². The first-order valence-electron chi connectivity index (χ1n) is 11.0. The number of hydrogen-bond acceptors (Lipinski definition) is 6. The smallest absolute Gasteiger partial charge is 0.251 e. The van der Waals surface area contributed by atoms with Gasteiger partial charge in [0.1, 0.15) is 23.9 Å². The van der Waals surface area contributed by atoms with Crippen molar-refractivity contribution in [1.29, 1.82) is 0 Å². The quantitative estimate of drug-likeness (QED) is 0.559. The van der Waals surface area contributed by atoms with Crippen LogP contribution >= 0.6 is 0 Å². The van der Waals surface area contributed by atoms with Gasteiger partial charge in [-0.1, -0.05) is 17.3 Å². The average molecular weight is 454 g/mol. The van der Waals surface area contributed by atoms with Gasteiger partial charge in [0.2, 0.25) is 0 Å². The molecular weight excluding hydrogens is 425 g/mol. The van der Waals surface area contributed by atoms with Gasteiger partial charge in [-0.3, -0.25) is 9.69 Å². The Morgan fingerprint density at radius 1 is 1.12 bits per heavy atom. The number of morpholine rings is 1. The molecule has 174 valence electrons. The molecule has 3 aromatic rings. The van der Waals surface area contributed by atoms with Crippen LogP contribution in [0.15, 0.2) is 53.1 Å². The fourth-order valence-electron chi connectivity index (χ4n) is 3.89. The number of ether oxygens (including phenoxy) is 2. The van der Waals surface area contributed by atoms with Gasteiger partial charge in [0.05, 0.1) is 30.5 Å². The molecule has 7 nitrogen and oxygen atoms in total.